The first-order valence-corrected chi connectivity index (χ1v) is 3.93. The highest BCUT2D eigenvalue weighted by Gasteiger charge is 2.24. The van der Waals surface area contributed by atoms with Crippen molar-refractivity contribution in [3.05, 3.63) is 0 Å². The first kappa shape index (κ1) is 11.8. The van der Waals surface area contributed by atoms with Crippen LogP contribution in [0.5, 0.6) is 0 Å². The van der Waals surface area contributed by atoms with Crippen LogP contribution in [-0.2, 0) is 19.1 Å². The molecule has 5 nitrogen and oxygen atoms in total. The number of ether oxygens (including phenoxy) is 1. The molecule has 0 radical (unpaired) electrons. The number of carbonyl (C=O) groups excluding carboxylic acids is 3. The van der Waals surface area contributed by atoms with E-state index < -0.39 is 23.8 Å². The van der Waals surface area contributed by atoms with Crippen LogP contribution in [0.4, 0.5) is 0 Å². The zero-order valence-electron chi connectivity index (χ0n) is 7.57. The van der Waals surface area contributed by atoms with Crippen molar-refractivity contribution in [2.45, 2.75) is 32.8 Å². The lowest BCUT2D eigenvalue weighted by atomic mass is 10.1. The number of carbonyl (C=O) groups is 3. The van der Waals surface area contributed by atoms with Gasteiger partial charge >= 0.3 is 11.9 Å². The highest BCUT2D eigenvalue weighted by molar-refractivity contribution is 6.36. The molecule has 0 aromatic heterocycles. The van der Waals surface area contributed by atoms with Gasteiger partial charge in [-0.1, -0.05) is 13.3 Å². The average molecular weight is 188 g/mol. The van der Waals surface area contributed by atoms with Gasteiger partial charge in [0.2, 0.25) is 0 Å². The van der Waals surface area contributed by atoms with Gasteiger partial charge in [0, 0.05) is 6.92 Å². The highest BCUT2D eigenvalue weighted by Crippen LogP contribution is 1.99. The van der Waals surface area contributed by atoms with E-state index in [1.54, 1.807) is 6.92 Å². The van der Waals surface area contributed by atoms with Crippen molar-refractivity contribution < 1.29 is 24.2 Å². The summed E-state index contributed by atoms with van der Waals surface area (Å²) < 4.78 is 3.99. The molecule has 0 saturated carbocycles. The Kier molecular flexibility index (Phi) is 4.91. The monoisotopic (exact) mass is 188 g/mol. The molecule has 0 spiro atoms. The minimum Gasteiger partial charge on any atom is -0.387 e. The molecule has 0 heterocycles. The average Bonchev–Trinajstić information content (AvgIpc) is 2.02. The topological polar surface area (TPSA) is 80.7 Å². The minimum absolute atomic E-state index is 0.186. The number of aliphatic hydroxyl groups is 1. The summed E-state index contributed by atoms with van der Waals surface area (Å²) in [6, 6.07) is 0. The predicted molar refractivity (Wildman–Crippen MR) is 42.7 cm³/mol. The summed E-state index contributed by atoms with van der Waals surface area (Å²) in [5.74, 6) is -3.23. The quantitative estimate of drug-likeness (QED) is 0.375. The number of esters is 2. The maximum atomic E-state index is 10.9. The molecule has 74 valence electrons. The van der Waals surface area contributed by atoms with Gasteiger partial charge < -0.3 is 9.84 Å². The van der Waals surface area contributed by atoms with Crippen LogP contribution in [0.25, 0.3) is 0 Å². The first-order valence-electron chi connectivity index (χ1n) is 3.93. The van der Waals surface area contributed by atoms with Crippen molar-refractivity contribution >= 4 is 17.7 Å². The lowest BCUT2D eigenvalue weighted by Crippen LogP contribution is -2.30. The Morgan fingerprint density at radius 3 is 2.31 bits per heavy atom. The van der Waals surface area contributed by atoms with Crippen LogP contribution in [-0.4, -0.2) is 28.9 Å². The second-order valence-corrected chi connectivity index (χ2v) is 2.55. The zero-order chi connectivity index (χ0) is 10.4. The van der Waals surface area contributed by atoms with E-state index in [0.29, 0.717) is 6.42 Å². The summed E-state index contributed by atoms with van der Waals surface area (Å²) >= 11 is 0. The van der Waals surface area contributed by atoms with E-state index in [9.17, 15) is 14.4 Å². The van der Waals surface area contributed by atoms with Gasteiger partial charge in [0.15, 0.2) is 0 Å². The molecule has 0 rings (SSSR count). The lowest BCUT2D eigenvalue weighted by Gasteiger charge is -2.05. The van der Waals surface area contributed by atoms with Crippen LogP contribution < -0.4 is 0 Å². The van der Waals surface area contributed by atoms with Gasteiger partial charge in [0.1, 0.15) is 6.10 Å². The second-order valence-electron chi connectivity index (χ2n) is 2.55. The zero-order valence-corrected chi connectivity index (χ0v) is 7.57. The Morgan fingerprint density at radius 2 is 1.92 bits per heavy atom. The standard InChI is InChI=1S/C8H12O5/c1-3-4-6(10)7(11)8(12)13-5(2)9/h6,10H,3-4H2,1-2H3. The Bertz CT molecular complexity index is 221. The SMILES string of the molecule is CCCC(O)C(=O)C(=O)OC(C)=O. The molecule has 0 aromatic carbocycles. The number of aliphatic hydroxyl groups excluding tert-OH is 1. The Hall–Kier alpha value is -1.23. The molecule has 0 saturated heterocycles. The second kappa shape index (κ2) is 5.42. The molecule has 0 bridgehead atoms. The van der Waals surface area contributed by atoms with Crippen LogP contribution in [0.1, 0.15) is 26.7 Å². The maximum absolute atomic E-state index is 10.9. The maximum Gasteiger partial charge on any atom is 0.385 e. The molecule has 13 heavy (non-hydrogen) atoms. The smallest absolute Gasteiger partial charge is 0.385 e. The van der Waals surface area contributed by atoms with Crippen molar-refractivity contribution in [2.75, 3.05) is 0 Å². The van der Waals surface area contributed by atoms with E-state index in [-0.39, 0.29) is 6.42 Å². The molecule has 5 heteroatoms. The normalized spacial score (nSPS) is 11.9. The molecule has 0 aliphatic rings. The summed E-state index contributed by atoms with van der Waals surface area (Å²) in [6.07, 6.45) is -0.608. The molecule has 0 amide bonds. The fourth-order valence-electron chi connectivity index (χ4n) is 0.721. The molecule has 0 fully saturated rings. The van der Waals surface area contributed by atoms with Crippen molar-refractivity contribution in [1.82, 2.24) is 0 Å². The van der Waals surface area contributed by atoms with Gasteiger partial charge in [-0.05, 0) is 6.42 Å². The van der Waals surface area contributed by atoms with Gasteiger partial charge in [-0.15, -0.1) is 0 Å². The van der Waals surface area contributed by atoms with Gasteiger partial charge in [-0.25, -0.2) is 4.79 Å². The Labute approximate surface area is 75.7 Å². The fourth-order valence-corrected chi connectivity index (χ4v) is 0.721. The number of hydrogen-bond donors (Lipinski definition) is 1. The third-order valence-corrected chi connectivity index (χ3v) is 1.30. The predicted octanol–water partition coefficient (Wildman–Crippen LogP) is -0.194. The fraction of sp³-hybridized carbons (Fsp3) is 0.625. The number of rotatable bonds is 4. The summed E-state index contributed by atoms with van der Waals surface area (Å²) in [4.78, 5) is 31.9. The molecule has 0 aliphatic carbocycles. The third-order valence-electron chi connectivity index (χ3n) is 1.30. The number of ketones is 1. The largest absolute Gasteiger partial charge is 0.387 e. The van der Waals surface area contributed by atoms with Gasteiger partial charge in [0.05, 0.1) is 0 Å². The third kappa shape index (κ3) is 4.37. The summed E-state index contributed by atoms with van der Waals surface area (Å²) in [5.41, 5.74) is 0. The van der Waals surface area contributed by atoms with E-state index in [0.717, 1.165) is 6.92 Å². The van der Waals surface area contributed by atoms with Crippen LogP contribution in [0.2, 0.25) is 0 Å². The highest BCUT2D eigenvalue weighted by atomic mass is 16.6. The van der Waals surface area contributed by atoms with Crippen molar-refractivity contribution in [2.24, 2.45) is 0 Å². The first-order chi connectivity index (χ1) is 5.99. The van der Waals surface area contributed by atoms with Crippen LogP contribution in [0.15, 0.2) is 0 Å². The van der Waals surface area contributed by atoms with Crippen molar-refractivity contribution in [3.8, 4) is 0 Å². The van der Waals surface area contributed by atoms with Crippen LogP contribution >= 0.6 is 0 Å². The molecular formula is C8H12O5. The van der Waals surface area contributed by atoms with Gasteiger partial charge in [0.25, 0.3) is 5.78 Å². The number of Topliss-reactive ketones (excluding diaryl/α,β-unsaturated/α-hetero) is 1. The van der Waals surface area contributed by atoms with Crippen molar-refractivity contribution in [3.63, 3.8) is 0 Å². The van der Waals surface area contributed by atoms with E-state index in [1.165, 1.54) is 0 Å². The van der Waals surface area contributed by atoms with E-state index in [1.807, 2.05) is 0 Å². The number of hydrogen-bond acceptors (Lipinski definition) is 5. The lowest BCUT2D eigenvalue weighted by molar-refractivity contribution is -0.165. The van der Waals surface area contributed by atoms with E-state index in [2.05, 4.69) is 4.74 Å². The summed E-state index contributed by atoms with van der Waals surface area (Å²) in [5, 5.41) is 9.04. The van der Waals surface area contributed by atoms with E-state index >= 15 is 0 Å². The molecule has 1 unspecified atom stereocenters. The Balaban J connectivity index is 4.09. The molecule has 0 aromatic rings. The van der Waals surface area contributed by atoms with Crippen molar-refractivity contribution in [1.29, 1.82) is 0 Å². The summed E-state index contributed by atoms with van der Waals surface area (Å²) in [6.45, 7) is 2.77. The molecule has 0 aliphatic heterocycles. The Morgan fingerprint density at radius 1 is 1.38 bits per heavy atom. The van der Waals surface area contributed by atoms with Gasteiger partial charge in [-0.2, -0.15) is 0 Å². The molecular weight excluding hydrogens is 176 g/mol. The molecule has 1 N–H and O–H groups in total. The molecule has 1 atom stereocenters. The summed E-state index contributed by atoms with van der Waals surface area (Å²) in [7, 11) is 0. The van der Waals surface area contributed by atoms with Crippen LogP contribution in [0, 0.1) is 0 Å². The minimum atomic E-state index is -1.36. The van der Waals surface area contributed by atoms with E-state index in [4.69, 9.17) is 5.11 Å². The van der Waals surface area contributed by atoms with Gasteiger partial charge in [-0.3, -0.25) is 9.59 Å². The van der Waals surface area contributed by atoms with Crippen LogP contribution in [0.3, 0.4) is 0 Å².